The fourth-order valence-corrected chi connectivity index (χ4v) is 4.33. The van der Waals surface area contributed by atoms with Gasteiger partial charge in [0.1, 0.15) is 0 Å². The molecule has 0 aromatic carbocycles. The van der Waals surface area contributed by atoms with Gasteiger partial charge in [-0.2, -0.15) is 0 Å². The highest BCUT2D eigenvalue weighted by Gasteiger charge is 2.57. The van der Waals surface area contributed by atoms with Crippen LogP contribution in [-0.2, 0) is 9.59 Å². The van der Waals surface area contributed by atoms with Gasteiger partial charge in [0.2, 0.25) is 11.8 Å². The molecule has 2 aliphatic carbocycles. The Morgan fingerprint density at radius 2 is 1.86 bits per heavy atom. The monoisotopic (exact) mass is 293 g/mol. The third-order valence-corrected chi connectivity index (χ3v) is 5.51. The molecule has 1 heterocycles. The van der Waals surface area contributed by atoms with Crippen molar-refractivity contribution in [3.63, 3.8) is 0 Å². The smallest absolute Gasteiger partial charge is 0.226 e. The number of hydrogen-bond donors (Lipinski definition) is 2. The normalized spacial score (nSPS) is 34.4. The Bertz CT molecular complexity index is 402. The summed E-state index contributed by atoms with van der Waals surface area (Å²) in [6, 6.07) is 0.189. The van der Waals surface area contributed by atoms with Crippen LogP contribution in [0.3, 0.4) is 0 Å². The van der Waals surface area contributed by atoms with Crippen molar-refractivity contribution in [2.24, 2.45) is 23.5 Å². The van der Waals surface area contributed by atoms with Crippen molar-refractivity contribution in [3.8, 4) is 0 Å². The van der Waals surface area contributed by atoms with Crippen molar-refractivity contribution in [3.05, 3.63) is 0 Å². The fraction of sp³-hybridized carbons (Fsp3) is 0.875. The average molecular weight is 293 g/mol. The summed E-state index contributed by atoms with van der Waals surface area (Å²) in [7, 11) is 0. The number of nitrogens with two attached hydrogens (primary N) is 1. The molecule has 0 spiro atoms. The topological polar surface area (TPSA) is 75.4 Å². The van der Waals surface area contributed by atoms with E-state index < -0.39 is 0 Å². The molecule has 3 rings (SSSR count). The lowest BCUT2D eigenvalue weighted by atomic mass is 10.00. The number of likely N-dealkylation sites (tertiary alicyclic amines) is 1. The fourth-order valence-electron chi connectivity index (χ4n) is 4.33. The number of carbonyl (C=O) groups is 2. The lowest BCUT2D eigenvalue weighted by Crippen LogP contribution is -2.50. The van der Waals surface area contributed by atoms with Crippen molar-refractivity contribution in [1.82, 2.24) is 10.2 Å². The third-order valence-electron chi connectivity index (χ3n) is 5.51. The molecule has 3 aliphatic rings. The standard InChI is InChI=1S/C16H27N3O2/c17-8-7-14(20)18-10-11-4-1-2-9-19(11)16(21)15-12-5-3-6-13(12)15/h11-13,15H,1-10,17H2,(H,18,20). The number of rotatable bonds is 5. The lowest BCUT2D eigenvalue weighted by Gasteiger charge is -2.36. The summed E-state index contributed by atoms with van der Waals surface area (Å²) in [4.78, 5) is 26.4. The van der Waals surface area contributed by atoms with E-state index in [9.17, 15) is 9.59 Å². The molecule has 3 atom stereocenters. The summed E-state index contributed by atoms with van der Waals surface area (Å²) in [5.74, 6) is 2.01. The summed E-state index contributed by atoms with van der Waals surface area (Å²) in [6.45, 7) is 1.84. The van der Waals surface area contributed by atoms with Crippen molar-refractivity contribution >= 4 is 11.8 Å². The first-order chi connectivity index (χ1) is 10.2. The van der Waals surface area contributed by atoms with E-state index in [2.05, 4.69) is 10.2 Å². The van der Waals surface area contributed by atoms with Gasteiger partial charge in [0.05, 0.1) is 0 Å². The van der Waals surface area contributed by atoms with Crippen LogP contribution in [-0.4, -0.2) is 42.4 Å². The highest BCUT2D eigenvalue weighted by Crippen LogP contribution is 2.58. The highest BCUT2D eigenvalue weighted by atomic mass is 16.2. The Hall–Kier alpha value is -1.10. The van der Waals surface area contributed by atoms with Crippen LogP contribution in [0.5, 0.6) is 0 Å². The number of nitrogens with one attached hydrogen (secondary N) is 1. The molecule has 21 heavy (non-hydrogen) atoms. The van der Waals surface area contributed by atoms with E-state index in [1.807, 2.05) is 0 Å². The lowest BCUT2D eigenvalue weighted by molar-refractivity contribution is -0.137. The van der Waals surface area contributed by atoms with Gasteiger partial charge < -0.3 is 16.0 Å². The Morgan fingerprint density at radius 3 is 2.57 bits per heavy atom. The molecule has 3 unspecified atom stereocenters. The maximum Gasteiger partial charge on any atom is 0.226 e. The molecule has 1 aliphatic heterocycles. The van der Waals surface area contributed by atoms with Gasteiger partial charge in [-0.05, 0) is 43.9 Å². The van der Waals surface area contributed by atoms with E-state index in [-0.39, 0.29) is 11.9 Å². The molecule has 2 amide bonds. The molecule has 118 valence electrons. The molecule has 0 aromatic heterocycles. The van der Waals surface area contributed by atoms with Gasteiger partial charge >= 0.3 is 0 Å². The van der Waals surface area contributed by atoms with Crippen LogP contribution < -0.4 is 11.1 Å². The first-order valence-corrected chi connectivity index (χ1v) is 8.49. The van der Waals surface area contributed by atoms with Gasteiger partial charge in [-0.15, -0.1) is 0 Å². The molecular weight excluding hydrogens is 266 g/mol. The van der Waals surface area contributed by atoms with Gasteiger partial charge in [0, 0.05) is 38.0 Å². The third kappa shape index (κ3) is 3.07. The van der Waals surface area contributed by atoms with Crippen molar-refractivity contribution < 1.29 is 9.59 Å². The predicted octanol–water partition coefficient (Wildman–Crippen LogP) is 0.879. The molecule has 0 radical (unpaired) electrons. The molecule has 1 saturated heterocycles. The molecule has 0 aromatic rings. The minimum Gasteiger partial charge on any atom is -0.354 e. The van der Waals surface area contributed by atoms with Crippen LogP contribution in [0.2, 0.25) is 0 Å². The maximum absolute atomic E-state index is 12.7. The minimum absolute atomic E-state index is 0.00114. The Kier molecular flexibility index (Phi) is 4.48. The number of nitrogens with zero attached hydrogens (tertiary/aromatic N) is 1. The minimum atomic E-state index is -0.00114. The Labute approximate surface area is 126 Å². The Balaban J connectivity index is 1.54. The molecular formula is C16H27N3O2. The van der Waals surface area contributed by atoms with Crippen LogP contribution >= 0.6 is 0 Å². The molecule has 5 heteroatoms. The van der Waals surface area contributed by atoms with Gasteiger partial charge in [-0.3, -0.25) is 9.59 Å². The zero-order valence-electron chi connectivity index (χ0n) is 12.7. The van der Waals surface area contributed by atoms with Crippen LogP contribution in [0.4, 0.5) is 0 Å². The van der Waals surface area contributed by atoms with E-state index in [4.69, 9.17) is 5.73 Å². The second kappa shape index (κ2) is 6.34. The first-order valence-electron chi connectivity index (χ1n) is 8.49. The summed E-state index contributed by atoms with van der Waals surface area (Å²) in [5, 5.41) is 2.94. The van der Waals surface area contributed by atoms with Crippen LogP contribution in [0.1, 0.15) is 44.9 Å². The average Bonchev–Trinajstić information content (AvgIpc) is 2.97. The molecule has 0 bridgehead atoms. The molecule has 5 nitrogen and oxygen atoms in total. The second-order valence-electron chi connectivity index (χ2n) is 6.81. The van der Waals surface area contributed by atoms with E-state index in [0.29, 0.717) is 43.2 Å². The quantitative estimate of drug-likeness (QED) is 0.790. The van der Waals surface area contributed by atoms with E-state index in [1.165, 1.54) is 19.3 Å². The maximum atomic E-state index is 12.7. The van der Waals surface area contributed by atoms with Gasteiger partial charge in [-0.25, -0.2) is 0 Å². The summed E-state index contributed by atoms with van der Waals surface area (Å²) in [6.07, 6.45) is 7.42. The SMILES string of the molecule is NCCC(=O)NCC1CCCCN1C(=O)C1C2CCCC21. The number of carbonyl (C=O) groups excluding carboxylic acids is 2. The predicted molar refractivity (Wildman–Crippen MR) is 80.4 cm³/mol. The second-order valence-corrected chi connectivity index (χ2v) is 6.81. The summed E-state index contributed by atoms with van der Waals surface area (Å²) in [5.41, 5.74) is 5.39. The van der Waals surface area contributed by atoms with Crippen molar-refractivity contribution in [1.29, 1.82) is 0 Å². The van der Waals surface area contributed by atoms with Crippen LogP contribution in [0, 0.1) is 17.8 Å². The zero-order chi connectivity index (χ0) is 14.8. The number of amides is 2. The number of fused-ring (bicyclic) bond motifs is 1. The Morgan fingerprint density at radius 1 is 1.10 bits per heavy atom. The molecule has 3 N–H and O–H groups in total. The van der Waals surface area contributed by atoms with Crippen molar-refractivity contribution in [2.75, 3.05) is 19.6 Å². The van der Waals surface area contributed by atoms with Gasteiger partial charge in [0.25, 0.3) is 0 Å². The van der Waals surface area contributed by atoms with Gasteiger partial charge in [-0.1, -0.05) is 6.42 Å². The van der Waals surface area contributed by atoms with Gasteiger partial charge in [0.15, 0.2) is 0 Å². The van der Waals surface area contributed by atoms with E-state index >= 15 is 0 Å². The van der Waals surface area contributed by atoms with E-state index in [0.717, 1.165) is 25.8 Å². The molecule has 2 saturated carbocycles. The van der Waals surface area contributed by atoms with E-state index in [1.54, 1.807) is 0 Å². The summed E-state index contributed by atoms with van der Waals surface area (Å²) >= 11 is 0. The van der Waals surface area contributed by atoms with Crippen molar-refractivity contribution in [2.45, 2.75) is 51.0 Å². The zero-order valence-corrected chi connectivity index (χ0v) is 12.7. The number of hydrogen-bond acceptors (Lipinski definition) is 3. The molecule has 3 fully saturated rings. The summed E-state index contributed by atoms with van der Waals surface area (Å²) < 4.78 is 0. The first kappa shape index (κ1) is 14.8. The highest BCUT2D eigenvalue weighted by molar-refractivity contribution is 5.83. The van der Waals surface area contributed by atoms with Crippen LogP contribution in [0.25, 0.3) is 0 Å². The number of piperidine rings is 1. The largest absolute Gasteiger partial charge is 0.354 e. The van der Waals surface area contributed by atoms with Crippen LogP contribution in [0.15, 0.2) is 0 Å².